The van der Waals surface area contributed by atoms with Crippen LogP contribution in [0.4, 0.5) is 18.9 Å². The highest BCUT2D eigenvalue weighted by molar-refractivity contribution is 7.91. The van der Waals surface area contributed by atoms with Gasteiger partial charge in [-0.25, -0.2) is 18.2 Å². The number of aromatic nitrogens is 1. The third kappa shape index (κ3) is 5.90. The van der Waals surface area contributed by atoms with E-state index in [1.165, 1.54) is 0 Å². The van der Waals surface area contributed by atoms with Crippen LogP contribution in [0.5, 0.6) is 5.75 Å². The molecule has 0 radical (unpaired) electrons. The Bertz CT molecular complexity index is 976. The largest absolute Gasteiger partial charge is 0.573 e. The van der Waals surface area contributed by atoms with Gasteiger partial charge < -0.3 is 9.47 Å². The molecule has 0 fully saturated rings. The Hall–Kier alpha value is -3.22. The topological polar surface area (TPSA) is 126 Å². The molecule has 0 spiro atoms. The van der Waals surface area contributed by atoms with E-state index in [1.807, 2.05) is 0 Å². The third-order valence-electron chi connectivity index (χ3n) is 3.14. The molecule has 150 valence electrons. The van der Waals surface area contributed by atoms with Crippen molar-refractivity contribution in [2.24, 2.45) is 0 Å². The highest BCUT2D eigenvalue weighted by atomic mass is 32.2. The Kier molecular flexibility index (Phi) is 6.18. The lowest BCUT2D eigenvalue weighted by molar-refractivity contribution is -0.385. The summed E-state index contributed by atoms with van der Waals surface area (Å²) >= 11 is 0. The number of hydrogen-bond donors (Lipinski definition) is 0. The summed E-state index contributed by atoms with van der Waals surface area (Å²) in [6.45, 7) is -0.607. The fraction of sp³-hybridized carbons (Fsp3) is 0.200. The summed E-state index contributed by atoms with van der Waals surface area (Å²) in [5, 5.41) is 10.1. The molecule has 28 heavy (non-hydrogen) atoms. The summed E-state index contributed by atoms with van der Waals surface area (Å²) in [6.07, 6.45) is -4.17. The van der Waals surface area contributed by atoms with E-state index in [0.29, 0.717) is 0 Å². The predicted octanol–water partition coefficient (Wildman–Crippen LogP) is 2.52. The molecule has 0 aliphatic carbocycles. The molecule has 0 saturated carbocycles. The van der Waals surface area contributed by atoms with Crippen molar-refractivity contribution < 1.29 is 40.8 Å². The van der Waals surface area contributed by atoms with Crippen LogP contribution in [0.1, 0.15) is 10.4 Å². The van der Waals surface area contributed by atoms with Crippen LogP contribution in [0.2, 0.25) is 0 Å². The predicted molar refractivity (Wildman–Crippen MR) is 86.4 cm³/mol. The van der Waals surface area contributed by atoms with Crippen molar-refractivity contribution in [1.29, 1.82) is 0 Å². The van der Waals surface area contributed by atoms with Gasteiger partial charge in [-0.3, -0.25) is 10.1 Å². The number of halogens is 3. The van der Waals surface area contributed by atoms with E-state index in [9.17, 15) is 36.5 Å². The van der Waals surface area contributed by atoms with Crippen LogP contribution in [0.25, 0.3) is 0 Å². The number of alkyl halides is 3. The lowest BCUT2D eigenvalue weighted by Crippen LogP contribution is -2.18. The van der Waals surface area contributed by atoms with Crippen LogP contribution >= 0.6 is 0 Å². The molecular weight excluding hydrogens is 409 g/mol. The number of nitrogens with zero attached hydrogens (tertiary/aromatic N) is 2. The summed E-state index contributed by atoms with van der Waals surface area (Å²) in [7, 11) is -4.00. The average molecular weight is 420 g/mol. The Morgan fingerprint density at radius 1 is 1.21 bits per heavy atom. The summed E-state index contributed by atoms with van der Waals surface area (Å²) in [4.78, 5) is 25.1. The first-order chi connectivity index (χ1) is 13.0. The van der Waals surface area contributed by atoms with Gasteiger partial charge in [-0.2, -0.15) is 0 Å². The maximum Gasteiger partial charge on any atom is 0.573 e. The van der Waals surface area contributed by atoms with E-state index >= 15 is 0 Å². The smallest absolute Gasteiger partial charge is 0.461 e. The fourth-order valence-corrected chi connectivity index (χ4v) is 2.92. The zero-order valence-electron chi connectivity index (χ0n) is 13.7. The lowest BCUT2D eigenvalue weighted by Gasteiger charge is -2.10. The minimum Gasteiger partial charge on any atom is -0.461 e. The zero-order valence-corrected chi connectivity index (χ0v) is 14.6. The van der Waals surface area contributed by atoms with E-state index in [-0.39, 0.29) is 5.56 Å². The van der Waals surface area contributed by atoms with Gasteiger partial charge in [-0.05, 0) is 24.3 Å². The number of carbonyl (C=O) groups is 1. The van der Waals surface area contributed by atoms with Gasteiger partial charge in [0.2, 0.25) is 0 Å². The van der Waals surface area contributed by atoms with Crippen molar-refractivity contribution in [2.75, 3.05) is 12.4 Å². The molecule has 0 N–H and O–H groups in total. The molecule has 0 aliphatic rings. The fourth-order valence-electron chi connectivity index (χ4n) is 1.92. The lowest BCUT2D eigenvalue weighted by atomic mass is 10.2. The second-order valence-corrected chi connectivity index (χ2v) is 7.20. The molecule has 0 bridgehead atoms. The standard InChI is InChI=1S/C15H11F3N2O7S/c16-15(17,18)27-12-3-1-2-10(8-12)14(21)26-6-7-28(24,25)13-5-4-11(9-19-13)20(22)23/h1-5,8-9H,6-7H2. The van der Waals surface area contributed by atoms with Crippen LogP contribution in [0, 0.1) is 10.1 Å². The first-order valence-electron chi connectivity index (χ1n) is 7.34. The number of carbonyl (C=O) groups excluding carboxylic acids is 1. The number of hydrogen-bond acceptors (Lipinski definition) is 8. The SMILES string of the molecule is O=C(OCCS(=O)(=O)c1ccc([N+](=O)[O-])cn1)c1cccc(OC(F)(F)F)c1. The van der Waals surface area contributed by atoms with Gasteiger partial charge in [0, 0.05) is 6.07 Å². The minimum atomic E-state index is -4.94. The van der Waals surface area contributed by atoms with E-state index in [2.05, 4.69) is 9.72 Å². The molecule has 0 aliphatic heterocycles. The molecule has 9 nitrogen and oxygen atoms in total. The van der Waals surface area contributed by atoms with Crippen LogP contribution in [-0.2, 0) is 14.6 Å². The molecule has 2 aromatic rings. The summed E-state index contributed by atoms with van der Waals surface area (Å²) in [6, 6.07) is 5.97. The summed E-state index contributed by atoms with van der Waals surface area (Å²) < 4.78 is 69.1. The van der Waals surface area contributed by atoms with E-state index < -0.39 is 55.9 Å². The highest BCUT2D eigenvalue weighted by Gasteiger charge is 2.31. The molecule has 2 rings (SSSR count). The first kappa shape index (κ1) is 21.1. The average Bonchev–Trinajstić information content (AvgIpc) is 2.60. The van der Waals surface area contributed by atoms with Crippen molar-refractivity contribution in [3.63, 3.8) is 0 Å². The van der Waals surface area contributed by atoms with Gasteiger partial charge in [0.25, 0.3) is 5.69 Å². The van der Waals surface area contributed by atoms with Crippen molar-refractivity contribution >= 4 is 21.5 Å². The Labute approximate surface area is 155 Å². The molecule has 0 amide bonds. The number of rotatable bonds is 7. The van der Waals surface area contributed by atoms with E-state index in [1.54, 1.807) is 0 Å². The molecule has 1 heterocycles. The van der Waals surface area contributed by atoms with Crippen molar-refractivity contribution in [2.45, 2.75) is 11.4 Å². The maximum atomic E-state index is 12.2. The second kappa shape index (κ2) is 8.21. The molecule has 13 heteroatoms. The quantitative estimate of drug-likeness (QED) is 0.380. The second-order valence-electron chi connectivity index (χ2n) is 5.14. The first-order valence-corrected chi connectivity index (χ1v) is 8.99. The van der Waals surface area contributed by atoms with Gasteiger partial charge in [0.05, 0.1) is 16.2 Å². The zero-order chi connectivity index (χ0) is 20.9. The van der Waals surface area contributed by atoms with Gasteiger partial charge in [0.1, 0.15) is 18.6 Å². The Morgan fingerprint density at radius 3 is 2.50 bits per heavy atom. The maximum absolute atomic E-state index is 12.2. The molecule has 0 unspecified atom stereocenters. The Balaban J connectivity index is 1.97. The minimum absolute atomic E-state index is 0.271. The highest BCUT2D eigenvalue weighted by Crippen LogP contribution is 2.23. The van der Waals surface area contributed by atoms with E-state index in [4.69, 9.17) is 4.74 Å². The van der Waals surface area contributed by atoms with Gasteiger partial charge in [-0.1, -0.05) is 6.07 Å². The molecule has 0 atom stereocenters. The molecule has 1 aromatic carbocycles. The number of benzene rings is 1. The number of sulfone groups is 1. The van der Waals surface area contributed by atoms with Crippen LogP contribution in [0.15, 0.2) is 47.6 Å². The van der Waals surface area contributed by atoms with Crippen LogP contribution in [0.3, 0.4) is 0 Å². The number of esters is 1. The summed E-state index contributed by atoms with van der Waals surface area (Å²) in [5.41, 5.74) is -0.668. The van der Waals surface area contributed by atoms with Gasteiger partial charge in [-0.15, -0.1) is 13.2 Å². The normalized spacial score (nSPS) is 11.7. The molecular formula is C15H11F3N2O7S. The number of ether oxygens (including phenoxy) is 2. The van der Waals surface area contributed by atoms with Crippen molar-refractivity contribution in [3.8, 4) is 5.75 Å². The van der Waals surface area contributed by atoms with E-state index in [0.717, 1.165) is 42.6 Å². The number of pyridine rings is 1. The monoisotopic (exact) mass is 420 g/mol. The van der Waals surface area contributed by atoms with Crippen molar-refractivity contribution in [3.05, 3.63) is 58.3 Å². The number of nitro groups is 1. The van der Waals surface area contributed by atoms with Gasteiger partial charge >= 0.3 is 12.3 Å². The van der Waals surface area contributed by atoms with Crippen molar-refractivity contribution in [1.82, 2.24) is 4.98 Å². The molecule has 1 aromatic heterocycles. The molecule has 0 saturated heterocycles. The van der Waals surface area contributed by atoms with Crippen LogP contribution < -0.4 is 4.74 Å². The van der Waals surface area contributed by atoms with Gasteiger partial charge in [0.15, 0.2) is 14.9 Å². The summed E-state index contributed by atoms with van der Waals surface area (Å²) in [5.74, 6) is -2.37. The van der Waals surface area contributed by atoms with Crippen LogP contribution in [-0.4, -0.2) is 43.0 Å². The third-order valence-corrected chi connectivity index (χ3v) is 4.72. The Morgan fingerprint density at radius 2 is 1.93 bits per heavy atom.